The molecule has 0 aromatic heterocycles. The SMILES string of the molecule is CC.CCCC(C)CCC.CCOc1cc(C#Cc2cc(OC)c(OC(C)C)cc2C=O)ccc1OC. The largest absolute Gasteiger partial charge is 0.493 e. The lowest BCUT2D eigenvalue weighted by Crippen LogP contribution is -2.07. The molecule has 0 fully saturated rings. The summed E-state index contributed by atoms with van der Waals surface area (Å²) in [6, 6.07) is 8.80. The summed E-state index contributed by atoms with van der Waals surface area (Å²) in [5.74, 6) is 9.37. The molecular weight excluding hydrogens is 464 g/mol. The van der Waals surface area contributed by atoms with Crippen molar-refractivity contribution in [3.63, 3.8) is 0 Å². The van der Waals surface area contributed by atoms with Crippen LogP contribution in [0.5, 0.6) is 23.0 Å². The van der Waals surface area contributed by atoms with Gasteiger partial charge in [-0.2, -0.15) is 0 Å². The van der Waals surface area contributed by atoms with Gasteiger partial charge in [-0.05, 0) is 51.0 Å². The molecule has 0 bridgehead atoms. The molecule has 0 aliphatic rings. The van der Waals surface area contributed by atoms with Crippen LogP contribution >= 0.6 is 0 Å². The number of carbonyl (C=O) groups is 1. The van der Waals surface area contributed by atoms with Gasteiger partial charge in [0.25, 0.3) is 0 Å². The van der Waals surface area contributed by atoms with E-state index in [1.54, 1.807) is 32.4 Å². The van der Waals surface area contributed by atoms with Crippen LogP contribution in [0.15, 0.2) is 30.3 Å². The third-order valence-electron chi connectivity index (χ3n) is 5.19. The van der Waals surface area contributed by atoms with Crippen LogP contribution in [0.1, 0.15) is 103 Å². The van der Waals surface area contributed by atoms with Crippen molar-refractivity contribution in [2.75, 3.05) is 20.8 Å². The van der Waals surface area contributed by atoms with Gasteiger partial charge in [-0.1, -0.05) is 72.1 Å². The van der Waals surface area contributed by atoms with E-state index < -0.39 is 0 Å². The molecule has 0 amide bonds. The number of methoxy groups -OCH3 is 2. The first kappa shape index (κ1) is 33.9. The molecule has 2 rings (SSSR count). The predicted molar refractivity (Wildman–Crippen MR) is 155 cm³/mol. The summed E-state index contributed by atoms with van der Waals surface area (Å²) in [5, 5.41) is 0. The summed E-state index contributed by atoms with van der Waals surface area (Å²) in [6.07, 6.45) is 6.24. The Morgan fingerprint density at radius 3 is 1.92 bits per heavy atom. The Labute approximate surface area is 225 Å². The zero-order valence-corrected chi connectivity index (χ0v) is 24.7. The minimum Gasteiger partial charge on any atom is -0.493 e. The number of ether oxygens (including phenoxy) is 4. The smallest absolute Gasteiger partial charge is 0.162 e. The second-order valence-electron chi connectivity index (χ2n) is 8.61. The van der Waals surface area contributed by atoms with Gasteiger partial charge in [-0.25, -0.2) is 0 Å². The number of hydrogen-bond donors (Lipinski definition) is 0. The molecule has 0 unspecified atom stereocenters. The maximum Gasteiger partial charge on any atom is 0.162 e. The van der Waals surface area contributed by atoms with Crippen molar-refractivity contribution in [1.29, 1.82) is 0 Å². The fourth-order valence-corrected chi connectivity index (χ4v) is 3.58. The lowest BCUT2D eigenvalue weighted by molar-refractivity contribution is 0.112. The van der Waals surface area contributed by atoms with Gasteiger partial charge in [-0.15, -0.1) is 0 Å². The molecule has 0 saturated carbocycles. The van der Waals surface area contributed by atoms with E-state index in [2.05, 4.69) is 32.6 Å². The topological polar surface area (TPSA) is 54.0 Å². The molecule has 0 spiro atoms. The van der Waals surface area contributed by atoms with E-state index in [1.807, 2.05) is 46.8 Å². The highest BCUT2D eigenvalue weighted by atomic mass is 16.5. The second-order valence-corrected chi connectivity index (χ2v) is 8.61. The molecule has 0 saturated heterocycles. The zero-order chi connectivity index (χ0) is 28.2. The molecule has 0 heterocycles. The van der Waals surface area contributed by atoms with Crippen LogP contribution in [0.2, 0.25) is 0 Å². The van der Waals surface area contributed by atoms with Crippen molar-refractivity contribution in [2.45, 2.75) is 87.2 Å². The van der Waals surface area contributed by atoms with Crippen molar-refractivity contribution in [1.82, 2.24) is 0 Å². The summed E-state index contributed by atoms with van der Waals surface area (Å²) in [4.78, 5) is 11.5. The predicted octanol–water partition coefficient (Wildman–Crippen LogP) is 8.35. The van der Waals surface area contributed by atoms with E-state index in [1.165, 1.54) is 25.7 Å². The molecule has 2 aromatic carbocycles. The maximum absolute atomic E-state index is 11.5. The Hall–Kier alpha value is -3.13. The Balaban J connectivity index is 0.00000111. The molecule has 2 aromatic rings. The Bertz CT molecular complexity index is 963. The van der Waals surface area contributed by atoms with Gasteiger partial charge in [0.05, 0.1) is 26.9 Å². The summed E-state index contributed by atoms with van der Waals surface area (Å²) in [6.45, 7) is 17.1. The Morgan fingerprint density at radius 1 is 0.811 bits per heavy atom. The van der Waals surface area contributed by atoms with E-state index in [0.29, 0.717) is 40.7 Å². The number of carbonyl (C=O) groups excluding carboxylic acids is 1. The number of aldehydes is 1. The van der Waals surface area contributed by atoms with Crippen molar-refractivity contribution < 1.29 is 23.7 Å². The number of benzene rings is 2. The molecule has 0 aliphatic heterocycles. The first-order chi connectivity index (χ1) is 17.8. The number of rotatable bonds is 11. The lowest BCUT2D eigenvalue weighted by atomic mass is 10.0. The normalized spacial score (nSPS) is 9.73. The highest BCUT2D eigenvalue weighted by Crippen LogP contribution is 2.31. The average molecular weight is 513 g/mol. The van der Waals surface area contributed by atoms with E-state index in [9.17, 15) is 4.79 Å². The molecule has 5 nitrogen and oxygen atoms in total. The van der Waals surface area contributed by atoms with Crippen molar-refractivity contribution >= 4 is 6.29 Å². The highest BCUT2D eigenvalue weighted by molar-refractivity contribution is 5.81. The third kappa shape index (κ3) is 12.6. The van der Waals surface area contributed by atoms with E-state index in [0.717, 1.165) is 17.8 Å². The van der Waals surface area contributed by atoms with Crippen LogP contribution in [0.3, 0.4) is 0 Å². The highest BCUT2D eigenvalue weighted by Gasteiger charge is 2.12. The molecule has 0 N–H and O–H groups in total. The summed E-state index contributed by atoms with van der Waals surface area (Å²) in [5.41, 5.74) is 1.75. The van der Waals surface area contributed by atoms with E-state index in [4.69, 9.17) is 18.9 Å². The molecule has 0 radical (unpaired) electrons. The van der Waals surface area contributed by atoms with Crippen LogP contribution in [-0.2, 0) is 0 Å². The minimum absolute atomic E-state index is 0.0355. The first-order valence-electron chi connectivity index (χ1n) is 13.5. The van der Waals surface area contributed by atoms with Gasteiger partial charge in [0, 0.05) is 22.8 Å². The fourth-order valence-electron chi connectivity index (χ4n) is 3.58. The van der Waals surface area contributed by atoms with Gasteiger partial charge < -0.3 is 18.9 Å². The lowest BCUT2D eigenvalue weighted by Gasteiger charge is -2.14. The monoisotopic (exact) mass is 512 g/mol. The van der Waals surface area contributed by atoms with Crippen LogP contribution < -0.4 is 18.9 Å². The minimum atomic E-state index is -0.0355. The molecular formula is C32H48O5. The zero-order valence-electron chi connectivity index (χ0n) is 24.7. The molecule has 206 valence electrons. The quantitative estimate of drug-likeness (QED) is 0.224. The molecule has 37 heavy (non-hydrogen) atoms. The van der Waals surface area contributed by atoms with Crippen LogP contribution in [0.25, 0.3) is 0 Å². The van der Waals surface area contributed by atoms with Crippen molar-refractivity contribution in [2.24, 2.45) is 5.92 Å². The van der Waals surface area contributed by atoms with Gasteiger partial charge in [0.15, 0.2) is 29.3 Å². The standard InChI is InChI=1S/C22H24O5.C8H18.C2H6/c1-6-26-21-11-16(8-10-19(21)24-4)7-9-17-12-20(25-5)22(27-15(2)3)13-18(17)14-23;1-4-6-8(3)7-5-2;1-2/h8,10-15H,6H2,1-5H3;8H,4-7H2,1-3H3;1-2H3. The van der Waals surface area contributed by atoms with Crippen LogP contribution in [0.4, 0.5) is 0 Å². The van der Waals surface area contributed by atoms with Gasteiger partial charge >= 0.3 is 0 Å². The Kier molecular flexibility index (Phi) is 18.3. The van der Waals surface area contributed by atoms with Gasteiger partial charge in [0.1, 0.15) is 0 Å². The van der Waals surface area contributed by atoms with Gasteiger partial charge in [0.2, 0.25) is 0 Å². The average Bonchev–Trinajstić information content (AvgIpc) is 2.89. The second kappa shape index (κ2) is 20.0. The first-order valence-corrected chi connectivity index (χ1v) is 13.5. The summed E-state index contributed by atoms with van der Waals surface area (Å²) < 4.78 is 21.9. The van der Waals surface area contributed by atoms with Crippen molar-refractivity contribution in [3.05, 3.63) is 47.0 Å². The van der Waals surface area contributed by atoms with Crippen molar-refractivity contribution in [3.8, 4) is 34.8 Å². The van der Waals surface area contributed by atoms with E-state index >= 15 is 0 Å². The van der Waals surface area contributed by atoms with Crippen LogP contribution in [-0.4, -0.2) is 33.2 Å². The fraction of sp³-hybridized carbons (Fsp3) is 0.531. The van der Waals surface area contributed by atoms with Gasteiger partial charge in [-0.3, -0.25) is 4.79 Å². The number of hydrogen-bond acceptors (Lipinski definition) is 5. The third-order valence-corrected chi connectivity index (χ3v) is 5.19. The van der Waals surface area contributed by atoms with E-state index in [-0.39, 0.29) is 6.10 Å². The Morgan fingerprint density at radius 2 is 1.43 bits per heavy atom. The molecule has 5 heteroatoms. The molecule has 0 atom stereocenters. The summed E-state index contributed by atoms with van der Waals surface area (Å²) in [7, 11) is 3.14. The van der Waals surface area contributed by atoms with Crippen LogP contribution in [0, 0.1) is 17.8 Å². The summed E-state index contributed by atoms with van der Waals surface area (Å²) >= 11 is 0. The maximum atomic E-state index is 11.5. The molecule has 0 aliphatic carbocycles.